The highest BCUT2D eigenvalue weighted by molar-refractivity contribution is 7.13. The van der Waals surface area contributed by atoms with E-state index in [9.17, 15) is 4.79 Å². The lowest BCUT2D eigenvalue weighted by molar-refractivity contribution is -0.125. The van der Waals surface area contributed by atoms with Gasteiger partial charge < -0.3 is 10.2 Å². The van der Waals surface area contributed by atoms with Crippen molar-refractivity contribution >= 4 is 23.1 Å². The Balaban J connectivity index is 1.39. The molecule has 1 aliphatic heterocycles. The lowest BCUT2D eigenvalue weighted by Crippen LogP contribution is -2.44. The standard InChI is InChI=1S/C22H24N4OS/c1-16(17-7-3-2-4-8-17)23-22(27)18-9-5-13-26(15-18)21-12-11-19(24-25-21)20-10-6-14-28-20/h2-4,6-8,10-12,14,16,18H,5,9,13,15H2,1H3,(H,23,27). The summed E-state index contributed by atoms with van der Waals surface area (Å²) in [5.41, 5.74) is 2.01. The maximum Gasteiger partial charge on any atom is 0.225 e. The molecule has 5 nitrogen and oxygen atoms in total. The molecule has 28 heavy (non-hydrogen) atoms. The van der Waals surface area contributed by atoms with Crippen LogP contribution in [0.1, 0.15) is 31.4 Å². The molecule has 3 aromatic rings. The molecule has 1 amide bonds. The molecule has 2 unspecified atom stereocenters. The Bertz CT molecular complexity index is 896. The topological polar surface area (TPSA) is 58.1 Å². The van der Waals surface area contributed by atoms with Gasteiger partial charge in [0, 0.05) is 13.1 Å². The number of carbonyl (C=O) groups is 1. The lowest BCUT2D eigenvalue weighted by atomic mass is 9.96. The molecule has 6 heteroatoms. The number of carbonyl (C=O) groups excluding carboxylic acids is 1. The fraction of sp³-hybridized carbons (Fsp3) is 0.318. The van der Waals surface area contributed by atoms with Gasteiger partial charge in [0.05, 0.1) is 16.8 Å². The second-order valence-electron chi connectivity index (χ2n) is 7.18. The quantitative estimate of drug-likeness (QED) is 0.703. The third-order valence-electron chi connectivity index (χ3n) is 5.20. The molecule has 0 aliphatic carbocycles. The fourth-order valence-electron chi connectivity index (χ4n) is 3.61. The number of rotatable bonds is 5. The molecular weight excluding hydrogens is 368 g/mol. The number of piperidine rings is 1. The van der Waals surface area contributed by atoms with E-state index < -0.39 is 0 Å². The summed E-state index contributed by atoms with van der Waals surface area (Å²) in [4.78, 5) is 16.1. The molecule has 2 aromatic heterocycles. The number of nitrogens with one attached hydrogen (secondary N) is 1. The van der Waals surface area contributed by atoms with E-state index in [4.69, 9.17) is 0 Å². The Morgan fingerprint density at radius 3 is 2.71 bits per heavy atom. The maximum atomic E-state index is 12.8. The molecule has 0 radical (unpaired) electrons. The van der Waals surface area contributed by atoms with Crippen LogP contribution in [-0.2, 0) is 4.79 Å². The molecular formula is C22H24N4OS. The molecule has 1 aromatic carbocycles. The van der Waals surface area contributed by atoms with E-state index in [-0.39, 0.29) is 17.9 Å². The van der Waals surface area contributed by atoms with Gasteiger partial charge in [0.1, 0.15) is 5.69 Å². The molecule has 4 rings (SSSR count). The number of amides is 1. The molecule has 0 bridgehead atoms. The van der Waals surface area contributed by atoms with E-state index in [2.05, 4.69) is 20.4 Å². The normalized spacial score (nSPS) is 17.9. The van der Waals surface area contributed by atoms with Crippen LogP contribution in [0, 0.1) is 5.92 Å². The van der Waals surface area contributed by atoms with Crippen molar-refractivity contribution in [1.82, 2.24) is 15.5 Å². The van der Waals surface area contributed by atoms with Crippen molar-refractivity contribution in [2.45, 2.75) is 25.8 Å². The van der Waals surface area contributed by atoms with Crippen LogP contribution < -0.4 is 10.2 Å². The van der Waals surface area contributed by atoms with Gasteiger partial charge in [0.15, 0.2) is 5.82 Å². The van der Waals surface area contributed by atoms with E-state index in [1.807, 2.05) is 66.9 Å². The number of nitrogens with zero attached hydrogens (tertiary/aromatic N) is 3. The van der Waals surface area contributed by atoms with Gasteiger partial charge in [-0.1, -0.05) is 36.4 Å². The average Bonchev–Trinajstić information content (AvgIpc) is 3.29. The van der Waals surface area contributed by atoms with Crippen LogP contribution in [0.25, 0.3) is 10.6 Å². The van der Waals surface area contributed by atoms with Gasteiger partial charge in [-0.3, -0.25) is 4.79 Å². The monoisotopic (exact) mass is 392 g/mol. The first-order valence-electron chi connectivity index (χ1n) is 9.68. The van der Waals surface area contributed by atoms with Crippen molar-refractivity contribution in [3.05, 3.63) is 65.5 Å². The van der Waals surface area contributed by atoms with Crippen molar-refractivity contribution in [1.29, 1.82) is 0 Å². The molecule has 1 aliphatic rings. The van der Waals surface area contributed by atoms with Gasteiger partial charge >= 0.3 is 0 Å². The average molecular weight is 393 g/mol. The van der Waals surface area contributed by atoms with E-state index in [1.54, 1.807) is 11.3 Å². The number of aromatic nitrogens is 2. The smallest absolute Gasteiger partial charge is 0.225 e. The van der Waals surface area contributed by atoms with Crippen molar-refractivity contribution in [2.24, 2.45) is 5.92 Å². The van der Waals surface area contributed by atoms with Crippen LogP contribution >= 0.6 is 11.3 Å². The third-order valence-corrected chi connectivity index (χ3v) is 6.09. The summed E-state index contributed by atoms with van der Waals surface area (Å²) in [6.45, 7) is 3.62. The van der Waals surface area contributed by atoms with Gasteiger partial charge in [-0.2, -0.15) is 0 Å². The highest BCUT2D eigenvalue weighted by atomic mass is 32.1. The Morgan fingerprint density at radius 1 is 1.14 bits per heavy atom. The van der Waals surface area contributed by atoms with E-state index in [0.29, 0.717) is 6.54 Å². The van der Waals surface area contributed by atoms with Gasteiger partial charge in [0.25, 0.3) is 0 Å². The van der Waals surface area contributed by atoms with E-state index in [0.717, 1.165) is 41.3 Å². The molecule has 2 atom stereocenters. The zero-order valence-electron chi connectivity index (χ0n) is 15.9. The van der Waals surface area contributed by atoms with Gasteiger partial charge in [-0.15, -0.1) is 21.5 Å². The summed E-state index contributed by atoms with van der Waals surface area (Å²) in [5.74, 6) is 0.928. The number of benzene rings is 1. The number of hydrogen-bond donors (Lipinski definition) is 1. The highest BCUT2D eigenvalue weighted by Gasteiger charge is 2.27. The van der Waals surface area contributed by atoms with Crippen molar-refractivity contribution in [3.63, 3.8) is 0 Å². The van der Waals surface area contributed by atoms with E-state index >= 15 is 0 Å². The summed E-state index contributed by atoms with van der Waals surface area (Å²) < 4.78 is 0. The van der Waals surface area contributed by atoms with Crippen LogP contribution in [0.5, 0.6) is 0 Å². The summed E-state index contributed by atoms with van der Waals surface area (Å²) >= 11 is 1.66. The zero-order chi connectivity index (χ0) is 19.3. The van der Waals surface area contributed by atoms with Crippen LogP contribution in [-0.4, -0.2) is 29.2 Å². The van der Waals surface area contributed by atoms with Crippen LogP contribution in [0.3, 0.4) is 0 Å². The molecule has 1 saturated heterocycles. The molecule has 1 N–H and O–H groups in total. The molecule has 3 heterocycles. The molecule has 0 saturated carbocycles. The molecule has 144 valence electrons. The minimum Gasteiger partial charge on any atom is -0.354 e. The lowest BCUT2D eigenvalue weighted by Gasteiger charge is -2.33. The Labute approximate surface area is 169 Å². The Hall–Kier alpha value is -2.73. The highest BCUT2D eigenvalue weighted by Crippen LogP contribution is 2.26. The third kappa shape index (κ3) is 4.22. The largest absolute Gasteiger partial charge is 0.354 e. The number of hydrogen-bond acceptors (Lipinski definition) is 5. The summed E-state index contributed by atoms with van der Waals surface area (Å²) in [5, 5.41) is 14.0. The number of thiophene rings is 1. The maximum absolute atomic E-state index is 12.8. The van der Waals surface area contributed by atoms with Crippen molar-refractivity contribution < 1.29 is 4.79 Å². The van der Waals surface area contributed by atoms with Crippen LogP contribution in [0.2, 0.25) is 0 Å². The molecule has 0 spiro atoms. The second kappa shape index (κ2) is 8.52. The zero-order valence-corrected chi connectivity index (χ0v) is 16.7. The van der Waals surface area contributed by atoms with Gasteiger partial charge in [0.2, 0.25) is 5.91 Å². The van der Waals surface area contributed by atoms with Crippen LogP contribution in [0.15, 0.2) is 60.0 Å². The Morgan fingerprint density at radius 2 is 2.00 bits per heavy atom. The van der Waals surface area contributed by atoms with E-state index in [1.165, 1.54) is 0 Å². The summed E-state index contributed by atoms with van der Waals surface area (Å²) in [7, 11) is 0. The summed E-state index contributed by atoms with van der Waals surface area (Å²) in [6, 6.07) is 18.2. The number of anilines is 1. The Kier molecular flexibility index (Phi) is 5.67. The second-order valence-corrected chi connectivity index (χ2v) is 8.13. The fourth-order valence-corrected chi connectivity index (χ4v) is 4.30. The molecule has 1 fully saturated rings. The van der Waals surface area contributed by atoms with Crippen molar-refractivity contribution in [2.75, 3.05) is 18.0 Å². The first-order chi connectivity index (χ1) is 13.7. The predicted molar refractivity (Wildman–Crippen MR) is 113 cm³/mol. The van der Waals surface area contributed by atoms with Crippen molar-refractivity contribution in [3.8, 4) is 10.6 Å². The first kappa shape index (κ1) is 18.6. The minimum absolute atomic E-state index is 0.00828. The SMILES string of the molecule is CC(NC(=O)C1CCCN(c2ccc(-c3cccs3)nn2)C1)c1ccccc1. The minimum atomic E-state index is -0.0290. The predicted octanol–water partition coefficient (Wildman–Crippen LogP) is 4.30. The van der Waals surface area contributed by atoms with Gasteiger partial charge in [-0.25, -0.2) is 0 Å². The van der Waals surface area contributed by atoms with Gasteiger partial charge in [-0.05, 0) is 48.9 Å². The summed E-state index contributed by atoms with van der Waals surface area (Å²) in [6.07, 6.45) is 1.89. The first-order valence-corrected chi connectivity index (χ1v) is 10.6. The van der Waals surface area contributed by atoms with Crippen LogP contribution in [0.4, 0.5) is 5.82 Å².